The van der Waals surface area contributed by atoms with E-state index in [2.05, 4.69) is 84.3 Å². The van der Waals surface area contributed by atoms with Crippen LogP contribution in [0, 0.1) is 0 Å². The third-order valence-corrected chi connectivity index (χ3v) is 6.41. The smallest absolute Gasteiger partial charge is 0.493 e. The summed E-state index contributed by atoms with van der Waals surface area (Å²) in [6.45, 7) is 5.86. The molecule has 5 aromatic rings. The minimum Gasteiger partial charge on any atom is -0.493 e. The van der Waals surface area contributed by atoms with Crippen LogP contribution in [0.1, 0.15) is 18.9 Å². The average Bonchev–Trinajstić information content (AvgIpc) is 3.13. The minimum atomic E-state index is -6.00. The number of fused-ring (bicyclic) bond motifs is 1. The average molecular weight is 471 g/mol. The van der Waals surface area contributed by atoms with Gasteiger partial charge in [-0.15, -0.1) is 0 Å². The van der Waals surface area contributed by atoms with Crippen LogP contribution >= 0.6 is 11.3 Å². The standard InChI is InChI=1S/C25H22NOS.BF4/c1-3-26-21-13-5-6-14-23(21)28-24(26)16-18-15-22(27-4-2)20-12-8-10-17-9-7-11-19(18)25(17)20;2-1(3,4)5/h5-16H,3-4H2,1-2H3;/q+1;-1. The van der Waals surface area contributed by atoms with Crippen molar-refractivity contribution in [3.63, 3.8) is 0 Å². The third-order valence-electron chi connectivity index (χ3n) is 5.30. The van der Waals surface area contributed by atoms with E-state index in [1.54, 1.807) is 0 Å². The molecule has 2 nitrogen and oxygen atoms in total. The fourth-order valence-electron chi connectivity index (χ4n) is 4.10. The number of ether oxygens (including phenoxy) is 1. The largest absolute Gasteiger partial charge is 0.673 e. The molecule has 0 N–H and O–H groups in total. The Morgan fingerprint density at radius 3 is 2.24 bits per heavy atom. The second kappa shape index (κ2) is 9.39. The van der Waals surface area contributed by atoms with Crippen LogP contribution in [0.4, 0.5) is 17.3 Å². The molecule has 5 rings (SSSR count). The highest BCUT2D eigenvalue weighted by molar-refractivity contribution is 7.18. The first kappa shape index (κ1) is 23.0. The van der Waals surface area contributed by atoms with Crippen LogP contribution in [0.2, 0.25) is 0 Å². The van der Waals surface area contributed by atoms with Gasteiger partial charge < -0.3 is 22.0 Å². The number of thiazole rings is 1. The first-order valence-corrected chi connectivity index (χ1v) is 11.5. The molecule has 0 bridgehead atoms. The molecule has 170 valence electrons. The van der Waals surface area contributed by atoms with Crippen molar-refractivity contribution in [3.8, 4) is 5.75 Å². The zero-order valence-electron chi connectivity index (χ0n) is 18.2. The van der Waals surface area contributed by atoms with E-state index < -0.39 is 7.25 Å². The van der Waals surface area contributed by atoms with E-state index in [4.69, 9.17) is 4.74 Å². The summed E-state index contributed by atoms with van der Waals surface area (Å²) in [5.41, 5.74) is 1.30. The highest BCUT2D eigenvalue weighted by Gasteiger charge is 2.20. The lowest BCUT2D eigenvalue weighted by atomic mass is 9.98. The molecule has 0 aliphatic rings. The van der Waals surface area contributed by atoms with Crippen LogP contribution in [0.15, 0.2) is 66.7 Å². The van der Waals surface area contributed by atoms with Gasteiger partial charge in [0.2, 0.25) is 5.52 Å². The van der Waals surface area contributed by atoms with E-state index in [1.807, 2.05) is 18.3 Å². The Bertz CT molecular complexity index is 1470. The van der Waals surface area contributed by atoms with Gasteiger partial charge in [-0.3, -0.25) is 0 Å². The van der Waals surface area contributed by atoms with Crippen molar-refractivity contribution in [1.82, 2.24) is 0 Å². The predicted octanol–water partition coefficient (Wildman–Crippen LogP) is 6.76. The summed E-state index contributed by atoms with van der Waals surface area (Å²) < 4.78 is 48.7. The van der Waals surface area contributed by atoms with Crippen LogP contribution in [0.25, 0.3) is 37.8 Å². The maximum atomic E-state index is 9.75. The first-order chi connectivity index (χ1) is 15.8. The molecule has 1 heterocycles. The number of benzene rings is 4. The Balaban J connectivity index is 0.000000471. The van der Waals surface area contributed by atoms with E-state index in [-0.39, 0.29) is 0 Å². The monoisotopic (exact) mass is 471 g/mol. The number of hydrogen-bond donors (Lipinski definition) is 0. The lowest BCUT2D eigenvalue weighted by Crippen LogP contribution is -2.34. The van der Waals surface area contributed by atoms with Gasteiger partial charge in [0.05, 0.1) is 6.61 Å². The van der Waals surface area contributed by atoms with Gasteiger partial charge in [0.25, 0.3) is 5.01 Å². The zero-order chi connectivity index (χ0) is 23.6. The van der Waals surface area contributed by atoms with Crippen molar-refractivity contribution < 1.29 is 26.6 Å². The van der Waals surface area contributed by atoms with Crippen molar-refractivity contribution in [1.29, 1.82) is 0 Å². The topological polar surface area (TPSA) is 13.1 Å². The van der Waals surface area contributed by atoms with Crippen molar-refractivity contribution >= 4 is 56.4 Å². The van der Waals surface area contributed by atoms with Gasteiger partial charge in [0.1, 0.15) is 17.0 Å². The Kier molecular flexibility index (Phi) is 6.56. The number of para-hydroxylation sites is 1. The molecule has 1 aromatic heterocycles. The molecule has 0 radical (unpaired) electrons. The molecule has 0 unspecified atom stereocenters. The Morgan fingerprint density at radius 2 is 1.58 bits per heavy atom. The molecule has 0 aliphatic carbocycles. The summed E-state index contributed by atoms with van der Waals surface area (Å²) in [5, 5.41) is 7.48. The van der Waals surface area contributed by atoms with Crippen molar-refractivity contribution in [2.45, 2.75) is 20.4 Å². The molecular weight excluding hydrogens is 449 g/mol. The number of aromatic nitrogens is 1. The molecule has 0 saturated carbocycles. The molecule has 0 aliphatic heterocycles. The molecule has 0 spiro atoms. The Labute approximate surface area is 192 Å². The van der Waals surface area contributed by atoms with E-state index in [0.29, 0.717) is 6.61 Å². The molecule has 8 heteroatoms. The lowest BCUT2D eigenvalue weighted by Gasteiger charge is -2.11. The van der Waals surface area contributed by atoms with Crippen molar-refractivity contribution in [3.05, 3.63) is 77.0 Å². The fourth-order valence-corrected chi connectivity index (χ4v) is 5.28. The van der Waals surface area contributed by atoms with Gasteiger partial charge in [0, 0.05) is 22.9 Å². The lowest BCUT2D eigenvalue weighted by molar-refractivity contribution is -0.665. The number of nitrogens with zero attached hydrogens (tertiary/aromatic N) is 1. The number of hydrogen-bond acceptors (Lipinski definition) is 2. The van der Waals surface area contributed by atoms with Crippen molar-refractivity contribution in [2.24, 2.45) is 0 Å². The van der Waals surface area contributed by atoms with Crippen LogP contribution in [-0.2, 0) is 6.54 Å². The summed E-state index contributed by atoms with van der Waals surface area (Å²) >= 11 is 1.84. The number of rotatable bonds is 4. The summed E-state index contributed by atoms with van der Waals surface area (Å²) in [4.78, 5) is 0. The van der Waals surface area contributed by atoms with Gasteiger partial charge in [-0.25, -0.2) is 0 Å². The summed E-state index contributed by atoms with van der Waals surface area (Å²) in [6, 6.07) is 23.8. The SMILES string of the molecule is CCOc1cc(=Cc2sc3ccccc3[n+]2CC)c2cccc3cccc1c32.F[B-](F)(F)F. The van der Waals surface area contributed by atoms with Crippen LogP contribution in [-0.4, -0.2) is 13.9 Å². The molecule has 0 fully saturated rings. The van der Waals surface area contributed by atoms with Gasteiger partial charge in [-0.2, -0.15) is 4.57 Å². The van der Waals surface area contributed by atoms with Gasteiger partial charge in [-0.05, 0) is 42.0 Å². The van der Waals surface area contributed by atoms with Crippen LogP contribution in [0.3, 0.4) is 0 Å². The second-order valence-electron chi connectivity index (χ2n) is 7.40. The highest BCUT2D eigenvalue weighted by Crippen LogP contribution is 2.31. The predicted molar refractivity (Wildman–Crippen MR) is 129 cm³/mol. The Hall–Kier alpha value is -3.13. The summed E-state index contributed by atoms with van der Waals surface area (Å²) in [5.74, 6) is 0.960. The number of aryl methyl sites for hydroxylation is 1. The van der Waals surface area contributed by atoms with E-state index in [9.17, 15) is 17.3 Å². The minimum absolute atomic E-state index is 0.662. The third kappa shape index (κ3) is 4.96. The van der Waals surface area contributed by atoms with Crippen molar-refractivity contribution in [2.75, 3.05) is 6.61 Å². The first-order valence-electron chi connectivity index (χ1n) is 10.7. The van der Waals surface area contributed by atoms with E-state index in [1.165, 1.54) is 42.0 Å². The molecule has 33 heavy (non-hydrogen) atoms. The maximum absolute atomic E-state index is 9.75. The molecular formula is C25H22BF4NOS. The van der Waals surface area contributed by atoms with Gasteiger partial charge >= 0.3 is 7.25 Å². The van der Waals surface area contributed by atoms with Crippen LogP contribution in [0.5, 0.6) is 5.75 Å². The zero-order valence-corrected chi connectivity index (χ0v) is 19.0. The second-order valence-corrected chi connectivity index (χ2v) is 8.46. The highest BCUT2D eigenvalue weighted by atomic mass is 32.1. The van der Waals surface area contributed by atoms with E-state index in [0.717, 1.165) is 12.3 Å². The maximum Gasteiger partial charge on any atom is 0.673 e. The van der Waals surface area contributed by atoms with E-state index >= 15 is 0 Å². The molecule has 0 atom stereocenters. The fraction of sp³-hybridized carbons (Fsp3) is 0.160. The quantitative estimate of drug-likeness (QED) is 0.160. The summed E-state index contributed by atoms with van der Waals surface area (Å²) in [7, 11) is -6.00. The molecule has 4 aromatic carbocycles. The van der Waals surface area contributed by atoms with Gasteiger partial charge in [-0.1, -0.05) is 59.9 Å². The normalized spacial score (nSPS) is 12.4. The molecule has 0 saturated heterocycles. The number of halogens is 4. The van der Waals surface area contributed by atoms with Crippen LogP contribution < -0.4 is 14.5 Å². The summed E-state index contributed by atoms with van der Waals surface area (Å²) in [6.07, 6.45) is 2.32. The van der Waals surface area contributed by atoms with Gasteiger partial charge in [0.15, 0.2) is 0 Å². The Morgan fingerprint density at radius 1 is 0.909 bits per heavy atom. The molecule has 0 amide bonds.